The molecule has 2 aromatic rings. The van der Waals surface area contributed by atoms with Crippen LogP contribution < -0.4 is 0 Å². The molecular weight excluding hydrogens is 239 g/mol. The zero-order chi connectivity index (χ0) is 12.5. The zero-order valence-corrected chi connectivity index (χ0v) is 9.97. The first-order valence-corrected chi connectivity index (χ1v) is 6.95. The first kappa shape index (κ1) is 12.3. The first-order chi connectivity index (χ1) is 7.98. The van der Waals surface area contributed by atoms with Crippen LogP contribution in [0.5, 0.6) is 0 Å². The van der Waals surface area contributed by atoms with Crippen LogP contribution >= 0.6 is 7.60 Å². The number of hydrogen-bond acceptors (Lipinski definition) is 2. The highest BCUT2D eigenvalue weighted by atomic mass is 31.2. The molecule has 0 bridgehead atoms. The molecule has 2 rings (SSSR count). The predicted molar refractivity (Wildman–Crippen MR) is 65.6 cm³/mol. The molecule has 0 fully saturated rings. The Bertz CT molecular complexity index is 588. The number of fused-ring (bicyclic) bond motifs is 1. The van der Waals surface area contributed by atoms with E-state index < -0.39 is 7.60 Å². The Hall–Kier alpha value is -1.19. The second kappa shape index (κ2) is 4.59. The van der Waals surface area contributed by atoms with E-state index in [-0.39, 0.29) is 12.8 Å². The Balaban J connectivity index is 2.41. The number of rotatable bonds is 3. The molecule has 5 heteroatoms. The minimum atomic E-state index is -4.02. The lowest BCUT2D eigenvalue weighted by Crippen LogP contribution is -1.88. The molecule has 0 atom stereocenters. The fraction of sp³-hybridized carbons (Fsp3) is 0.167. The molecule has 0 saturated carbocycles. The van der Waals surface area contributed by atoms with Crippen molar-refractivity contribution in [2.45, 2.75) is 12.8 Å². The third-order valence-corrected chi connectivity index (χ3v) is 3.32. The predicted octanol–water partition coefficient (Wildman–Crippen LogP) is 2.01. The molecular formula is C12H13O4P. The van der Waals surface area contributed by atoms with E-state index in [0.717, 1.165) is 16.3 Å². The van der Waals surface area contributed by atoms with Gasteiger partial charge < -0.3 is 14.9 Å². The summed E-state index contributed by atoms with van der Waals surface area (Å²) in [6.45, 7) is -0.0137. The summed E-state index contributed by atoms with van der Waals surface area (Å²) in [6.07, 6.45) is -0.245. The van der Waals surface area contributed by atoms with Crippen LogP contribution in [0.2, 0.25) is 0 Å². The molecule has 90 valence electrons. The molecule has 0 spiro atoms. The van der Waals surface area contributed by atoms with Crippen LogP contribution in [-0.4, -0.2) is 14.9 Å². The molecule has 0 saturated heterocycles. The Morgan fingerprint density at radius 1 is 0.941 bits per heavy atom. The van der Waals surface area contributed by atoms with Gasteiger partial charge in [-0.2, -0.15) is 0 Å². The monoisotopic (exact) mass is 252 g/mol. The van der Waals surface area contributed by atoms with Crippen molar-refractivity contribution in [3.8, 4) is 0 Å². The van der Waals surface area contributed by atoms with Crippen LogP contribution in [0.4, 0.5) is 0 Å². The van der Waals surface area contributed by atoms with E-state index in [0.29, 0.717) is 5.56 Å². The maximum absolute atomic E-state index is 10.9. The molecule has 0 heterocycles. The van der Waals surface area contributed by atoms with E-state index in [4.69, 9.17) is 14.9 Å². The number of hydrogen-bond donors (Lipinski definition) is 3. The largest absolute Gasteiger partial charge is 0.392 e. The van der Waals surface area contributed by atoms with E-state index in [2.05, 4.69) is 0 Å². The lowest BCUT2D eigenvalue weighted by Gasteiger charge is -2.06. The number of aliphatic hydroxyl groups is 1. The molecule has 0 aliphatic carbocycles. The highest BCUT2D eigenvalue weighted by molar-refractivity contribution is 7.50. The van der Waals surface area contributed by atoms with Gasteiger partial charge in [0.1, 0.15) is 0 Å². The van der Waals surface area contributed by atoms with Crippen molar-refractivity contribution in [1.82, 2.24) is 0 Å². The van der Waals surface area contributed by atoms with Crippen LogP contribution in [0.3, 0.4) is 0 Å². The van der Waals surface area contributed by atoms with Gasteiger partial charge in [0.05, 0.1) is 12.8 Å². The molecule has 4 nitrogen and oxygen atoms in total. The summed E-state index contributed by atoms with van der Waals surface area (Å²) in [5.74, 6) is 0. The van der Waals surface area contributed by atoms with Gasteiger partial charge in [-0.3, -0.25) is 4.57 Å². The van der Waals surface area contributed by atoms with Crippen molar-refractivity contribution < 1.29 is 19.5 Å². The van der Waals surface area contributed by atoms with Gasteiger partial charge in [-0.15, -0.1) is 0 Å². The van der Waals surface area contributed by atoms with E-state index in [1.165, 1.54) is 0 Å². The molecule has 3 N–H and O–H groups in total. The Morgan fingerprint density at radius 3 is 2.00 bits per heavy atom. The molecule has 2 aromatic carbocycles. The second-order valence-electron chi connectivity index (χ2n) is 4.00. The molecule has 0 aliphatic rings. The summed E-state index contributed by atoms with van der Waals surface area (Å²) in [5.41, 5.74) is 1.43. The van der Waals surface area contributed by atoms with Crippen LogP contribution in [-0.2, 0) is 17.3 Å². The maximum atomic E-state index is 10.9. The zero-order valence-electron chi connectivity index (χ0n) is 9.08. The summed E-state index contributed by atoms with van der Waals surface area (Å²) in [7, 11) is -4.02. The highest BCUT2D eigenvalue weighted by Gasteiger charge is 2.13. The summed E-state index contributed by atoms with van der Waals surface area (Å²) < 4.78 is 10.9. The lowest BCUT2D eigenvalue weighted by atomic mass is 10.1. The fourth-order valence-corrected chi connectivity index (χ4v) is 2.45. The number of aliphatic hydroxyl groups excluding tert-OH is 1. The Labute approximate surface area is 98.7 Å². The third-order valence-electron chi connectivity index (χ3n) is 2.54. The van der Waals surface area contributed by atoms with Crippen molar-refractivity contribution in [3.05, 3.63) is 47.5 Å². The van der Waals surface area contributed by atoms with E-state index in [9.17, 15) is 4.57 Å². The van der Waals surface area contributed by atoms with E-state index >= 15 is 0 Å². The van der Waals surface area contributed by atoms with Gasteiger partial charge in [0, 0.05) is 0 Å². The molecule has 17 heavy (non-hydrogen) atoms. The Kier molecular flexibility index (Phi) is 3.31. The van der Waals surface area contributed by atoms with Crippen LogP contribution in [0.15, 0.2) is 36.4 Å². The van der Waals surface area contributed by atoms with E-state index in [1.54, 1.807) is 24.3 Å². The summed E-state index contributed by atoms with van der Waals surface area (Å²) in [6, 6.07) is 10.8. The van der Waals surface area contributed by atoms with Crippen LogP contribution in [0, 0.1) is 0 Å². The van der Waals surface area contributed by atoms with Crippen molar-refractivity contribution in [2.24, 2.45) is 0 Å². The van der Waals surface area contributed by atoms with Crippen molar-refractivity contribution in [3.63, 3.8) is 0 Å². The quantitative estimate of drug-likeness (QED) is 0.730. The maximum Gasteiger partial charge on any atom is 0.329 e. The molecule has 0 aliphatic heterocycles. The fourth-order valence-electron chi connectivity index (χ4n) is 1.78. The minimum Gasteiger partial charge on any atom is -0.392 e. The molecule has 0 radical (unpaired) electrons. The average Bonchev–Trinajstić information content (AvgIpc) is 2.26. The smallest absolute Gasteiger partial charge is 0.329 e. The van der Waals surface area contributed by atoms with Gasteiger partial charge in [0.25, 0.3) is 0 Å². The van der Waals surface area contributed by atoms with Crippen molar-refractivity contribution in [2.75, 3.05) is 0 Å². The summed E-state index contributed by atoms with van der Waals surface area (Å²) in [5, 5.41) is 10.9. The standard InChI is InChI=1S/C12H13O4P/c13-7-9-1-3-12-6-10(8-17(14,15)16)2-4-11(12)5-9/h1-6,13H,7-8H2,(H2,14,15,16). The highest BCUT2D eigenvalue weighted by Crippen LogP contribution is 2.39. The van der Waals surface area contributed by atoms with Gasteiger partial charge >= 0.3 is 7.60 Å². The molecule has 0 unspecified atom stereocenters. The van der Waals surface area contributed by atoms with Crippen LogP contribution in [0.1, 0.15) is 11.1 Å². The SMILES string of the molecule is O=P(O)(O)Cc1ccc2cc(CO)ccc2c1. The van der Waals surface area contributed by atoms with Gasteiger partial charge in [-0.1, -0.05) is 30.3 Å². The molecule has 0 aromatic heterocycles. The first-order valence-electron chi connectivity index (χ1n) is 5.15. The normalized spacial score (nSPS) is 11.9. The van der Waals surface area contributed by atoms with Gasteiger partial charge in [-0.25, -0.2) is 0 Å². The average molecular weight is 252 g/mol. The Morgan fingerprint density at radius 2 is 1.47 bits per heavy atom. The van der Waals surface area contributed by atoms with Gasteiger partial charge in [-0.05, 0) is 28.0 Å². The van der Waals surface area contributed by atoms with Gasteiger partial charge in [0.2, 0.25) is 0 Å². The topological polar surface area (TPSA) is 77.8 Å². The van der Waals surface area contributed by atoms with E-state index in [1.807, 2.05) is 12.1 Å². The molecule has 0 amide bonds. The second-order valence-corrected chi connectivity index (χ2v) is 5.64. The van der Waals surface area contributed by atoms with Crippen molar-refractivity contribution >= 4 is 18.4 Å². The van der Waals surface area contributed by atoms with Gasteiger partial charge in [0.15, 0.2) is 0 Å². The number of benzene rings is 2. The summed E-state index contributed by atoms with van der Waals surface area (Å²) in [4.78, 5) is 17.8. The summed E-state index contributed by atoms with van der Waals surface area (Å²) >= 11 is 0. The third kappa shape index (κ3) is 3.14. The lowest BCUT2D eigenvalue weighted by molar-refractivity contribution is 0.282. The van der Waals surface area contributed by atoms with Crippen molar-refractivity contribution in [1.29, 1.82) is 0 Å². The van der Waals surface area contributed by atoms with Crippen LogP contribution in [0.25, 0.3) is 10.8 Å². The minimum absolute atomic E-state index is 0.0137.